The van der Waals surface area contributed by atoms with E-state index in [-0.39, 0.29) is 12.5 Å². The van der Waals surface area contributed by atoms with Crippen LogP contribution in [0.2, 0.25) is 0 Å². The predicted octanol–water partition coefficient (Wildman–Crippen LogP) is 0.0876. The summed E-state index contributed by atoms with van der Waals surface area (Å²) in [5, 5.41) is 22.7. The molecule has 0 radical (unpaired) electrons. The van der Waals surface area contributed by atoms with E-state index in [1.54, 1.807) is 12.4 Å². The molecule has 1 aromatic carbocycles. The smallest absolute Gasteiger partial charge is 0.104 e. The molecular formula is C15H19N3O3. The molecule has 1 saturated heterocycles. The zero-order valence-corrected chi connectivity index (χ0v) is 11.6. The molecule has 0 saturated carbocycles. The lowest BCUT2D eigenvalue weighted by molar-refractivity contribution is -0.119. The molecule has 6 nitrogen and oxygen atoms in total. The standard InChI is InChI=1S/C15H19N3O3/c19-14-9-21-8-11(15(14)20)7-16-6-10-1-2-12-13(5-10)18-4-3-17-12/h1-5,11,14-16,19-20H,6-9H2/t11-,14-,15+/m1/s1. The maximum atomic E-state index is 9.89. The van der Waals surface area contributed by atoms with Crippen LogP contribution in [0.3, 0.4) is 0 Å². The number of ether oxygens (including phenoxy) is 1. The third-order valence-electron chi connectivity index (χ3n) is 3.77. The van der Waals surface area contributed by atoms with Gasteiger partial charge in [-0.1, -0.05) is 6.07 Å². The van der Waals surface area contributed by atoms with Crippen LogP contribution in [-0.2, 0) is 11.3 Å². The van der Waals surface area contributed by atoms with Gasteiger partial charge in [-0.2, -0.15) is 0 Å². The Morgan fingerprint density at radius 1 is 1.14 bits per heavy atom. The van der Waals surface area contributed by atoms with Crippen molar-refractivity contribution in [2.24, 2.45) is 5.92 Å². The van der Waals surface area contributed by atoms with Crippen LogP contribution in [-0.4, -0.2) is 52.1 Å². The molecule has 21 heavy (non-hydrogen) atoms. The summed E-state index contributed by atoms with van der Waals surface area (Å²) in [6, 6.07) is 5.95. The Hall–Kier alpha value is -1.60. The SMILES string of the molecule is O[C@H]1[C@H](CNCc2ccc3nccnc3c2)COC[C@H]1O. The van der Waals surface area contributed by atoms with Crippen molar-refractivity contribution in [3.8, 4) is 0 Å². The van der Waals surface area contributed by atoms with Crippen molar-refractivity contribution < 1.29 is 14.9 Å². The first-order valence-corrected chi connectivity index (χ1v) is 7.08. The molecule has 3 N–H and O–H groups in total. The lowest BCUT2D eigenvalue weighted by atomic mass is 9.96. The summed E-state index contributed by atoms with van der Waals surface area (Å²) in [4.78, 5) is 8.51. The third-order valence-corrected chi connectivity index (χ3v) is 3.77. The Morgan fingerprint density at radius 2 is 1.95 bits per heavy atom. The maximum Gasteiger partial charge on any atom is 0.104 e. The highest BCUT2D eigenvalue weighted by atomic mass is 16.5. The molecule has 0 aliphatic carbocycles. The van der Waals surface area contributed by atoms with E-state index < -0.39 is 12.2 Å². The van der Waals surface area contributed by atoms with Crippen LogP contribution in [0.1, 0.15) is 5.56 Å². The summed E-state index contributed by atoms with van der Waals surface area (Å²) in [6.45, 7) is 1.94. The van der Waals surface area contributed by atoms with Gasteiger partial charge < -0.3 is 20.3 Å². The molecule has 0 amide bonds. The van der Waals surface area contributed by atoms with Gasteiger partial charge >= 0.3 is 0 Å². The highest BCUT2D eigenvalue weighted by Gasteiger charge is 2.30. The molecule has 1 aromatic heterocycles. The number of hydrogen-bond donors (Lipinski definition) is 3. The van der Waals surface area contributed by atoms with Crippen molar-refractivity contribution in [1.82, 2.24) is 15.3 Å². The number of benzene rings is 1. The van der Waals surface area contributed by atoms with Gasteiger partial charge in [0.2, 0.25) is 0 Å². The van der Waals surface area contributed by atoms with Crippen LogP contribution in [0, 0.1) is 5.92 Å². The van der Waals surface area contributed by atoms with E-state index in [2.05, 4.69) is 15.3 Å². The fraction of sp³-hybridized carbons (Fsp3) is 0.467. The molecule has 3 rings (SSSR count). The van der Waals surface area contributed by atoms with Crippen molar-refractivity contribution in [2.75, 3.05) is 19.8 Å². The van der Waals surface area contributed by atoms with E-state index in [1.807, 2.05) is 18.2 Å². The van der Waals surface area contributed by atoms with Gasteiger partial charge in [-0.05, 0) is 17.7 Å². The molecule has 0 spiro atoms. The van der Waals surface area contributed by atoms with E-state index >= 15 is 0 Å². The quantitative estimate of drug-likeness (QED) is 0.739. The Morgan fingerprint density at radius 3 is 2.81 bits per heavy atom. The largest absolute Gasteiger partial charge is 0.390 e. The first-order chi connectivity index (χ1) is 10.2. The second kappa shape index (κ2) is 6.44. The van der Waals surface area contributed by atoms with E-state index in [9.17, 15) is 10.2 Å². The Balaban J connectivity index is 1.56. The van der Waals surface area contributed by atoms with Gasteiger partial charge in [0.15, 0.2) is 0 Å². The number of fused-ring (bicyclic) bond motifs is 1. The summed E-state index contributed by atoms with van der Waals surface area (Å²) >= 11 is 0. The number of aliphatic hydroxyl groups excluding tert-OH is 2. The van der Waals surface area contributed by atoms with Crippen LogP contribution in [0.5, 0.6) is 0 Å². The maximum absolute atomic E-state index is 9.89. The molecule has 3 atom stereocenters. The number of rotatable bonds is 4. The first kappa shape index (κ1) is 14.3. The highest BCUT2D eigenvalue weighted by molar-refractivity contribution is 5.74. The van der Waals surface area contributed by atoms with Gasteiger partial charge in [-0.25, -0.2) is 0 Å². The third kappa shape index (κ3) is 3.36. The molecular weight excluding hydrogens is 270 g/mol. The molecule has 0 bridgehead atoms. The lowest BCUT2D eigenvalue weighted by Crippen LogP contribution is -2.47. The average molecular weight is 289 g/mol. The van der Waals surface area contributed by atoms with Gasteiger partial charge in [0.25, 0.3) is 0 Å². The van der Waals surface area contributed by atoms with Gasteiger partial charge in [-0.3, -0.25) is 9.97 Å². The van der Waals surface area contributed by atoms with E-state index in [0.29, 0.717) is 19.7 Å². The zero-order chi connectivity index (χ0) is 14.7. The fourth-order valence-electron chi connectivity index (χ4n) is 2.55. The number of hydrogen-bond acceptors (Lipinski definition) is 6. The van der Waals surface area contributed by atoms with Crippen molar-refractivity contribution in [3.63, 3.8) is 0 Å². The fourth-order valence-corrected chi connectivity index (χ4v) is 2.55. The Bertz CT molecular complexity index is 607. The van der Waals surface area contributed by atoms with Crippen LogP contribution in [0.4, 0.5) is 0 Å². The van der Waals surface area contributed by atoms with Crippen LogP contribution in [0.25, 0.3) is 11.0 Å². The van der Waals surface area contributed by atoms with E-state index in [4.69, 9.17) is 4.74 Å². The molecule has 1 aliphatic rings. The molecule has 6 heteroatoms. The Labute approximate surface area is 122 Å². The molecule has 2 heterocycles. The lowest BCUT2D eigenvalue weighted by Gasteiger charge is -2.31. The molecule has 2 aromatic rings. The van der Waals surface area contributed by atoms with Crippen molar-refractivity contribution in [2.45, 2.75) is 18.8 Å². The normalized spacial score (nSPS) is 26.1. The number of aliphatic hydroxyl groups is 2. The van der Waals surface area contributed by atoms with Crippen LogP contribution < -0.4 is 5.32 Å². The second-order valence-electron chi connectivity index (χ2n) is 5.37. The van der Waals surface area contributed by atoms with Gasteiger partial charge in [0.05, 0.1) is 30.4 Å². The average Bonchev–Trinajstić information content (AvgIpc) is 2.51. The number of nitrogens with zero attached hydrogens (tertiary/aromatic N) is 2. The second-order valence-corrected chi connectivity index (χ2v) is 5.37. The van der Waals surface area contributed by atoms with Gasteiger partial charge in [0, 0.05) is 31.4 Å². The van der Waals surface area contributed by atoms with Crippen LogP contribution in [0.15, 0.2) is 30.6 Å². The molecule has 1 fully saturated rings. The summed E-state index contributed by atoms with van der Waals surface area (Å²) in [7, 11) is 0. The van der Waals surface area contributed by atoms with Gasteiger partial charge in [0.1, 0.15) is 6.10 Å². The number of aromatic nitrogens is 2. The highest BCUT2D eigenvalue weighted by Crippen LogP contribution is 2.15. The first-order valence-electron chi connectivity index (χ1n) is 7.08. The minimum absolute atomic E-state index is 0.0889. The summed E-state index contributed by atoms with van der Waals surface area (Å²) in [5.74, 6) is -0.0889. The Kier molecular flexibility index (Phi) is 4.40. The summed E-state index contributed by atoms with van der Waals surface area (Å²) < 4.78 is 5.26. The van der Waals surface area contributed by atoms with Crippen molar-refractivity contribution >= 4 is 11.0 Å². The topological polar surface area (TPSA) is 87.5 Å². The molecule has 0 unspecified atom stereocenters. The number of nitrogens with one attached hydrogen (secondary N) is 1. The van der Waals surface area contributed by atoms with E-state index in [1.165, 1.54) is 0 Å². The molecule has 1 aliphatic heterocycles. The predicted molar refractivity (Wildman–Crippen MR) is 77.6 cm³/mol. The van der Waals surface area contributed by atoms with Gasteiger partial charge in [-0.15, -0.1) is 0 Å². The van der Waals surface area contributed by atoms with Crippen LogP contribution >= 0.6 is 0 Å². The minimum atomic E-state index is -0.790. The summed E-state index contributed by atoms with van der Waals surface area (Å²) in [6.07, 6.45) is 1.84. The van der Waals surface area contributed by atoms with Crippen molar-refractivity contribution in [3.05, 3.63) is 36.2 Å². The van der Waals surface area contributed by atoms with Crippen molar-refractivity contribution in [1.29, 1.82) is 0 Å². The minimum Gasteiger partial charge on any atom is -0.390 e. The monoisotopic (exact) mass is 289 g/mol. The molecule has 112 valence electrons. The van der Waals surface area contributed by atoms with E-state index in [0.717, 1.165) is 16.6 Å². The summed E-state index contributed by atoms with van der Waals surface area (Å²) in [5.41, 5.74) is 2.85. The zero-order valence-electron chi connectivity index (χ0n) is 11.6.